The van der Waals surface area contributed by atoms with Crippen molar-refractivity contribution in [2.24, 2.45) is 28.6 Å². The number of aromatic nitrogens is 2. The number of ketones is 1. The van der Waals surface area contributed by atoms with E-state index >= 15 is 4.39 Å². The van der Waals surface area contributed by atoms with Crippen LogP contribution in [0.2, 0.25) is 0 Å². The number of alkyl halides is 1. The Hall–Kier alpha value is -2.35. The zero-order chi connectivity index (χ0) is 27.3. The lowest BCUT2D eigenvalue weighted by Gasteiger charge is -2.63. The van der Waals surface area contributed by atoms with Crippen LogP contribution >= 0.6 is 0 Å². The number of halogens is 1. The number of hydrogen-bond acceptors (Lipinski definition) is 5. The Labute approximate surface area is 223 Å². The van der Waals surface area contributed by atoms with Gasteiger partial charge in [0.15, 0.2) is 5.78 Å². The lowest BCUT2D eigenvalue weighted by atomic mass is 9.43. The number of benzene rings is 1. The second kappa shape index (κ2) is 8.33. The molecule has 4 aliphatic rings. The van der Waals surface area contributed by atoms with Gasteiger partial charge in [0.1, 0.15) is 17.9 Å². The number of carbonyl (C=O) groups excluding carboxylic acids is 1. The van der Waals surface area contributed by atoms with E-state index in [1.54, 1.807) is 0 Å². The molecule has 8 atom stereocenters. The van der Waals surface area contributed by atoms with E-state index < -0.39 is 52.4 Å². The van der Waals surface area contributed by atoms with Crippen molar-refractivity contribution in [1.82, 2.24) is 9.78 Å². The summed E-state index contributed by atoms with van der Waals surface area (Å²) < 4.78 is 19.7. The molecule has 0 unspecified atom stereocenters. The van der Waals surface area contributed by atoms with Gasteiger partial charge in [-0.1, -0.05) is 56.2 Å². The van der Waals surface area contributed by atoms with E-state index in [9.17, 15) is 20.1 Å². The van der Waals surface area contributed by atoms with E-state index in [0.29, 0.717) is 32.2 Å². The summed E-state index contributed by atoms with van der Waals surface area (Å²) in [5, 5.41) is 37.6. The second-order valence-electron chi connectivity index (χ2n) is 13.0. The Balaban J connectivity index is 1.38. The lowest BCUT2D eigenvalue weighted by molar-refractivity contribution is -0.226. The van der Waals surface area contributed by atoms with Gasteiger partial charge in [-0.05, 0) is 68.1 Å². The topological polar surface area (TPSA) is 95.6 Å². The highest BCUT2D eigenvalue weighted by Gasteiger charge is 2.75. The molecule has 38 heavy (non-hydrogen) atoms. The maximum atomic E-state index is 17.8. The average Bonchev–Trinajstić information content (AvgIpc) is 3.34. The van der Waals surface area contributed by atoms with Crippen molar-refractivity contribution < 1.29 is 24.5 Å². The number of aliphatic hydroxyl groups is 3. The molecule has 204 valence electrons. The van der Waals surface area contributed by atoms with Crippen LogP contribution in [0.1, 0.15) is 68.8 Å². The fourth-order valence-electron chi connectivity index (χ4n) is 9.27. The minimum absolute atomic E-state index is 0.0143. The van der Waals surface area contributed by atoms with Gasteiger partial charge >= 0.3 is 0 Å². The number of Topliss-reactive ketones (excluding diaryl/α,β-unsaturated/α-hetero) is 1. The van der Waals surface area contributed by atoms with Crippen LogP contribution in [0.3, 0.4) is 0 Å². The third-order valence-electron chi connectivity index (χ3n) is 11.2. The van der Waals surface area contributed by atoms with Gasteiger partial charge in [-0.15, -0.1) is 0 Å². The largest absolute Gasteiger partial charge is 0.390 e. The van der Waals surface area contributed by atoms with Gasteiger partial charge in [-0.3, -0.25) is 9.48 Å². The quantitative estimate of drug-likeness (QED) is 0.564. The van der Waals surface area contributed by atoms with Crippen LogP contribution in [0, 0.1) is 35.5 Å². The van der Waals surface area contributed by atoms with Crippen molar-refractivity contribution in [2.75, 3.05) is 6.61 Å². The summed E-state index contributed by atoms with van der Waals surface area (Å²) in [5.41, 5.74) is -0.233. The third-order valence-corrected chi connectivity index (χ3v) is 11.2. The van der Waals surface area contributed by atoms with E-state index in [4.69, 9.17) is 0 Å². The number of nitrogens with zero attached hydrogens (tertiary/aromatic N) is 2. The SMILES string of the molecule is Cc1cccc(Cn2ncc3c2C=C2CC[C@H]4[C@@H]5C[C@@H](C)[C@](O)(C(=O)CO)[C@@]5(C)C[C@H](O)[C@]4(F)[C@@]2(C)C3)c1. The Bertz CT molecular complexity index is 1340. The second-order valence-corrected chi connectivity index (χ2v) is 13.0. The molecule has 3 fully saturated rings. The molecule has 0 amide bonds. The molecule has 1 aromatic carbocycles. The lowest BCUT2D eigenvalue weighted by Crippen LogP contribution is -2.70. The summed E-state index contributed by atoms with van der Waals surface area (Å²) in [6.45, 7) is 7.53. The summed E-state index contributed by atoms with van der Waals surface area (Å²) in [6, 6.07) is 8.35. The van der Waals surface area contributed by atoms with Crippen LogP contribution < -0.4 is 0 Å². The molecule has 3 N–H and O–H groups in total. The fourth-order valence-corrected chi connectivity index (χ4v) is 9.27. The van der Waals surface area contributed by atoms with Crippen LogP contribution in [0.25, 0.3) is 6.08 Å². The molecule has 1 heterocycles. The van der Waals surface area contributed by atoms with Gasteiger partial charge < -0.3 is 15.3 Å². The zero-order valence-electron chi connectivity index (χ0n) is 22.7. The molecule has 1 aromatic heterocycles. The van der Waals surface area contributed by atoms with Crippen molar-refractivity contribution >= 4 is 11.9 Å². The van der Waals surface area contributed by atoms with E-state index in [1.165, 1.54) is 5.56 Å². The van der Waals surface area contributed by atoms with Gasteiger partial charge in [0, 0.05) is 16.7 Å². The van der Waals surface area contributed by atoms with Gasteiger partial charge in [-0.25, -0.2) is 4.39 Å². The molecular weight excluding hydrogens is 483 g/mol. The molecule has 0 radical (unpaired) electrons. The van der Waals surface area contributed by atoms with Crippen molar-refractivity contribution in [1.29, 1.82) is 0 Å². The molecule has 0 spiro atoms. The Morgan fingerprint density at radius 3 is 2.74 bits per heavy atom. The van der Waals surface area contributed by atoms with E-state index in [1.807, 2.05) is 37.7 Å². The molecule has 2 aromatic rings. The highest BCUT2D eigenvalue weighted by atomic mass is 19.1. The molecule has 0 saturated heterocycles. The number of hydrogen-bond donors (Lipinski definition) is 3. The van der Waals surface area contributed by atoms with Crippen LogP contribution in [-0.4, -0.2) is 54.9 Å². The monoisotopic (exact) mass is 522 g/mol. The first-order chi connectivity index (χ1) is 17.9. The molecule has 4 aliphatic carbocycles. The predicted molar refractivity (Wildman–Crippen MR) is 142 cm³/mol. The summed E-state index contributed by atoms with van der Waals surface area (Å²) in [6.07, 6.45) is 4.78. The van der Waals surface area contributed by atoms with Gasteiger partial charge in [0.25, 0.3) is 0 Å². The van der Waals surface area contributed by atoms with Gasteiger partial charge in [-0.2, -0.15) is 5.10 Å². The Morgan fingerprint density at radius 2 is 2.03 bits per heavy atom. The first kappa shape index (κ1) is 25.9. The molecule has 6 rings (SSSR count). The number of allylic oxidation sites excluding steroid dienone is 1. The molecule has 0 bridgehead atoms. The summed E-state index contributed by atoms with van der Waals surface area (Å²) in [7, 11) is 0. The van der Waals surface area contributed by atoms with Crippen LogP contribution in [0.5, 0.6) is 0 Å². The smallest absolute Gasteiger partial charge is 0.190 e. The van der Waals surface area contributed by atoms with Gasteiger partial charge in [0.2, 0.25) is 0 Å². The standard InChI is InChI=1S/C31H39FN2O4/c1-18-6-5-7-20(10-18)16-34-25-12-22-8-9-23-24-11-19(2)31(38,27(37)17-35)29(24,4)14-26(36)30(23,32)28(22,3)13-21(25)15-33-34/h5-7,10,12,15,19,23-24,26,35-36,38H,8-9,11,13-14,16-17H2,1-4H3/t19-,23+,24+,26+,28+,29+,30+,31+/m1/s1. The summed E-state index contributed by atoms with van der Waals surface area (Å²) in [5.74, 6) is -1.81. The fraction of sp³-hybridized carbons (Fsp3) is 0.613. The number of carbonyl (C=O) groups is 1. The van der Waals surface area contributed by atoms with Gasteiger partial charge in [0.05, 0.1) is 24.5 Å². The first-order valence-corrected chi connectivity index (χ1v) is 13.9. The molecule has 3 saturated carbocycles. The Morgan fingerprint density at radius 1 is 1.26 bits per heavy atom. The molecule has 6 nitrogen and oxygen atoms in total. The van der Waals surface area contributed by atoms with Crippen molar-refractivity contribution in [3.63, 3.8) is 0 Å². The Kier molecular flexibility index (Phi) is 5.67. The maximum Gasteiger partial charge on any atom is 0.190 e. The number of rotatable bonds is 4. The van der Waals surface area contributed by atoms with E-state index in [-0.39, 0.29) is 12.3 Å². The van der Waals surface area contributed by atoms with Crippen LogP contribution in [-0.2, 0) is 17.8 Å². The summed E-state index contributed by atoms with van der Waals surface area (Å²) >= 11 is 0. The highest BCUT2D eigenvalue weighted by molar-refractivity contribution is 5.90. The third kappa shape index (κ3) is 3.10. The van der Waals surface area contributed by atoms with Crippen molar-refractivity contribution in [3.8, 4) is 0 Å². The number of aryl methyl sites for hydroxylation is 1. The minimum atomic E-state index is -1.90. The molecular formula is C31H39FN2O4. The molecule has 0 aliphatic heterocycles. The van der Waals surface area contributed by atoms with Crippen molar-refractivity contribution in [2.45, 2.75) is 83.7 Å². The predicted octanol–water partition coefficient (Wildman–Crippen LogP) is 4.02. The van der Waals surface area contributed by atoms with E-state index in [0.717, 1.165) is 22.4 Å². The highest BCUT2D eigenvalue weighted by Crippen LogP contribution is 2.71. The summed E-state index contributed by atoms with van der Waals surface area (Å²) in [4.78, 5) is 12.8. The van der Waals surface area contributed by atoms with Crippen molar-refractivity contribution in [3.05, 3.63) is 58.4 Å². The zero-order valence-corrected chi connectivity index (χ0v) is 22.7. The van der Waals surface area contributed by atoms with Crippen LogP contribution in [0.15, 0.2) is 36.0 Å². The minimum Gasteiger partial charge on any atom is -0.390 e. The first-order valence-electron chi connectivity index (χ1n) is 13.9. The van der Waals surface area contributed by atoms with E-state index in [2.05, 4.69) is 36.3 Å². The number of fused-ring (bicyclic) bond motifs is 6. The van der Waals surface area contributed by atoms with Crippen LogP contribution in [0.4, 0.5) is 4.39 Å². The normalized spacial score (nSPS) is 41.5. The average molecular weight is 523 g/mol. The number of aliphatic hydroxyl groups excluding tert-OH is 2. The molecule has 7 heteroatoms. The maximum absolute atomic E-state index is 17.8.